The van der Waals surface area contributed by atoms with Gasteiger partial charge in [-0.1, -0.05) is 61.2 Å². The van der Waals surface area contributed by atoms with E-state index >= 15 is 0 Å². The molecule has 0 saturated carbocycles. The van der Waals surface area contributed by atoms with Crippen LogP contribution < -0.4 is 15.8 Å². The van der Waals surface area contributed by atoms with E-state index in [2.05, 4.69) is 40.5 Å². The molecular formula is C24H30N4O4Si. The Labute approximate surface area is 194 Å². The molecule has 9 heteroatoms. The van der Waals surface area contributed by atoms with Crippen molar-refractivity contribution in [3.63, 3.8) is 0 Å². The monoisotopic (exact) mass is 466 g/mol. The lowest BCUT2D eigenvalue weighted by atomic mass is 10.0. The summed E-state index contributed by atoms with van der Waals surface area (Å²) in [6.07, 6.45) is -0.114. The average Bonchev–Trinajstić information content (AvgIpc) is 3.17. The van der Waals surface area contributed by atoms with Crippen LogP contribution in [0.5, 0.6) is 0 Å². The summed E-state index contributed by atoms with van der Waals surface area (Å²) in [5, 5.41) is 14.6. The van der Waals surface area contributed by atoms with Crippen molar-refractivity contribution < 1.29 is 18.7 Å². The molecule has 0 saturated heterocycles. The number of aromatic nitrogens is 2. The van der Waals surface area contributed by atoms with Gasteiger partial charge < -0.3 is 19.8 Å². The van der Waals surface area contributed by atoms with E-state index in [1.54, 1.807) is 14.0 Å². The molecule has 2 amide bonds. The number of aryl methyl sites for hydroxylation is 1. The molecule has 1 aromatic heterocycles. The van der Waals surface area contributed by atoms with Crippen LogP contribution in [0.15, 0.2) is 52.9 Å². The zero-order valence-corrected chi connectivity index (χ0v) is 20.6. The van der Waals surface area contributed by atoms with Gasteiger partial charge >= 0.3 is 0 Å². The van der Waals surface area contributed by atoms with Gasteiger partial charge in [0.1, 0.15) is 12.5 Å². The summed E-state index contributed by atoms with van der Waals surface area (Å²) in [5.74, 6) is -0.164. The molecule has 8 nitrogen and oxygen atoms in total. The van der Waals surface area contributed by atoms with E-state index in [0.717, 1.165) is 5.56 Å². The molecule has 0 radical (unpaired) electrons. The second-order valence-electron chi connectivity index (χ2n) is 8.88. The fourth-order valence-corrected chi connectivity index (χ4v) is 4.47. The van der Waals surface area contributed by atoms with Crippen LogP contribution in [0.4, 0.5) is 5.69 Å². The Bertz CT molecular complexity index is 1090. The largest absolute Gasteiger partial charge is 0.425 e. The highest BCUT2D eigenvalue weighted by Gasteiger charge is 2.24. The highest BCUT2D eigenvalue weighted by molar-refractivity contribution is 6.88. The van der Waals surface area contributed by atoms with Crippen LogP contribution in [0.25, 0.3) is 0 Å². The zero-order chi connectivity index (χ0) is 24.0. The molecular weight excluding hydrogens is 436 g/mol. The maximum Gasteiger partial charge on any atom is 0.251 e. The number of carbonyl (C=O) groups excluding carboxylic acids is 2. The van der Waals surface area contributed by atoms with Crippen LogP contribution in [0.2, 0.25) is 19.6 Å². The Morgan fingerprint density at radius 3 is 2.24 bits per heavy atom. The molecule has 1 heterocycles. The molecule has 0 bridgehead atoms. The van der Waals surface area contributed by atoms with Crippen LogP contribution >= 0.6 is 0 Å². The molecule has 3 aromatic rings. The van der Waals surface area contributed by atoms with E-state index in [1.807, 2.05) is 48.5 Å². The van der Waals surface area contributed by atoms with Crippen molar-refractivity contribution >= 4 is 30.8 Å². The summed E-state index contributed by atoms with van der Waals surface area (Å²) in [6, 6.07) is 14.4. The van der Waals surface area contributed by atoms with Crippen molar-refractivity contribution in [2.24, 2.45) is 0 Å². The number of amides is 2. The molecule has 3 rings (SSSR count). The Morgan fingerprint density at radius 1 is 1.03 bits per heavy atom. The topological polar surface area (TPSA) is 106 Å². The van der Waals surface area contributed by atoms with Crippen molar-refractivity contribution in [2.75, 3.05) is 12.4 Å². The molecule has 33 heavy (non-hydrogen) atoms. The number of benzene rings is 2. The van der Waals surface area contributed by atoms with E-state index in [0.29, 0.717) is 23.7 Å². The second-order valence-corrected chi connectivity index (χ2v) is 14.0. The van der Waals surface area contributed by atoms with Crippen LogP contribution in [0.1, 0.15) is 29.0 Å². The number of nitrogens with one attached hydrogen (secondary N) is 2. The third-order valence-electron chi connectivity index (χ3n) is 5.09. The van der Waals surface area contributed by atoms with Gasteiger partial charge in [-0.15, -0.1) is 10.2 Å². The molecule has 0 spiro atoms. The minimum absolute atomic E-state index is 0.114. The normalized spacial score (nSPS) is 12.3. The summed E-state index contributed by atoms with van der Waals surface area (Å²) in [4.78, 5) is 25.9. The van der Waals surface area contributed by atoms with Gasteiger partial charge in [0.25, 0.3) is 5.91 Å². The van der Waals surface area contributed by atoms with Gasteiger partial charge in [-0.2, -0.15) is 0 Å². The third kappa shape index (κ3) is 6.84. The van der Waals surface area contributed by atoms with Crippen LogP contribution in [-0.4, -0.2) is 37.2 Å². The number of nitrogens with zero attached hydrogens (tertiary/aromatic N) is 2. The number of methoxy groups -OCH3 is 1. The standard InChI is InChI=1S/C24H30N4O4Si/c1-16-27-28-22(32-16)14-21(29)26-23(18-8-6-17(7-9-18)15-31-2)24(30)25-19-10-12-20(13-11-19)33(3,4)5/h6-13,23H,14-15H2,1-5H3,(H,25,30)(H,26,29). The van der Waals surface area contributed by atoms with Crippen molar-refractivity contribution in [1.82, 2.24) is 15.5 Å². The molecule has 174 valence electrons. The third-order valence-corrected chi connectivity index (χ3v) is 7.16. The van der Waals surface area contributed by atoms with Crippen molar-refractivity contribution in [1.29, 1.82) is 0 Å². The fraction of sp³-hybridized carbons (Fsp3) is 0.333. The van der Waals surface area contributed by atoms with E-state index in [-0.39, 0.29) is 18.2 Å². The summed E-state index contributed by atoms with van der Waals surface area (Å²) >= 11 is 0. The first kappa shape index (κ1) is 24.3. The smallest absolute Gasteiger partial charge is 0.251 e. The van der Waals surface area contributed by atoms with Gasteiger partial charge in [-0.25, -0.2) is 0 Å². The molecule has 0 fully saturated rings. The lowest BCUT2D eigenvalue weighted by Crippen LogP contribution is -2.38. The maximum absolute atomic E-state index is 13.2. The first-order valence-corrected chi connectivity index (χ1v) is 14.2. The Kier molecular flexibility index (Phi) is 7.78. The quantitative estimate of drug-likeness (QED) is 0.470. The first-order valence-electron chi connectivity index (χ1n) is 10.7. The van der Waals surface area contributed by atoms with Gasteiger partial charge in [-0.05, 0) is 23.3 Å². The number of anilines is 1. The molecule has 0 aliphatic rings. The number of ether oxygens (including phenoxy) is 1. The molecule has 0 aliphatic heterocycles. The molecule has 2 N–H and O–H groups in total. The highest BCUT2D eigenvalue weighted by atomic mass is 28.3. The van der Waals surface area contributed by atoms with E-state index in [4.69, 9.17) is 9.15 Å². The van der Waals surface area contributed by atoms with Crippen LogP contribution in [0, 0.1) is 6.92 Å². The van der Waals surface area contributed by atoms with Gasteiger partial charge in [0.15, 0.2) is 0 Å². The number of rotatable bonds is 9. The van der Waals surface area contributed by atoms with Gasteiger partial charge in [0, 0.05) is 19.7 Å². The van der Waals surface area contributed by atoms with Crippen LogP contribution in [0.3, 0.4) is 0 Å². The van der Waals surface area contributed by atoms with E-state index in [1.165, 1.54) is 5.19 Å². The van der Waals surface area contributed by atoms with Crippen molar-refractivity contribution in [2.45, 2.75) is 45.6 Å². The predicted octanol–water partition coefficient (Wildman–Crippen LogP) is 3.11. The number of hydrogen-bond acceptors (Lipinski definition) is 6. The molecule has 0 aliphatic carbocycles. The van der Waals surface area contributed by atoms with Gasteiger partial charge in [0.05, 0.1) is 14.7 Å². The molecule has 1 atom stereocenters. The molecule has 2 aromatic carbocycles. The molecule has 1 unspecified atom stereocenters. The van der Waals surface area contributed by atoms with Crippen molar-refractivity contribution in [3.05, 3.63) is 71.4 Å². The summed E-state index contributed by atoms with van der Waals surface area (Å²) in [6.45, 7) is 8.92. The summed E-state index contributed by atoms with van der Waals surface area (Å²) in [7, 11) is 0.182. The number of hydrogen-bond donors (Lipinski definition) is 2. The summed E-state index contributed by atoms with van der Waals surface area (Å²) in [5.41, 5.74) is 2.29. The zero-order valence-electron chi connectivity index (χ0n) is 19.6. The Hall–Kier alpha value is -3.30. The predicted molar refractivity (Wildman–Crippen MR) is 129 cm³/mol. The SMILES string of the molecule is COCc1ccc(C(NC(=O)Cc2nnc(C)o2)C(=O)Nc2ccc([Si](C)(C)C)cc2)cc1. The van der Waals surface area contributed by atoms with E-state index in [9.17, 15) is 9.59 Å². The van der Waals surface area contributed by atoms with E-state index < -0.39 is 20.0 Å². The Morgan fingerprint density at radius 2 is 1.70 bits per heavy atom. The lowest BCUT2D eigenvalue weighted by molar-refractivity contribution is -0.126. The van der Waals surface area contributed by atoms with Gasteiger partial charge in [0.2, 0.25) is 17.7 Å². The van der Waals surface area contributed by atoms with Gasteiger partial charge in [-0.3, -0.25) is 9.59 Å². The lowest BCUT2D eigenvalue weighted by Gasteiger charge is -2.20. The maximum atomic E-state index is 13.2. The second kappa shape index (κ2) is 10.5. The first-order chi connectivity index (χ1) is 15.7. The highest BCUT2D eigenvalue weighted by Crippen LogP contribution is 2.18. The number of carbonyl (C=O) groups is 2. The van der Waals surface area contributed by atoms with Crippen molar-refractivity contribution in [3.8, 4) is 0 Å². The minimum Gasteiger partial charge on any atom is -0.425 e. The fourth-order valence-electron chi connectivity index (χ4n) is 3.30. The van der Waals surface area contributed by atoms with Crippen LogP contribution in [-0.2, 0) is 27.4 Å². The Balaban J connectivity index is 1.79. The minimum atomic E-state index is -1.44. The average molecular weight is 467 g/mol. The summed E-state index contributed by atoms with van der Waals surface area (Å²) < 4.78 is 10.4.